The van der Waals surface area contributed by atoms with Gasteiger partial charge in [0, 0.05) is 18.2 Å². The van der Waals surface area contributed by atoms with Crippen LogP contribution < -0.4 is 20.1 Å². The molecule has 0 saturated carbocycles. The first-order valence-corrected chi connectivity index (χ1v) is 10.5. The maximum atomic E-state index is 12.9. The van der Waals surface area contributed by atoms with Gasteiger partial charge in [0.25, 0.3) is 5.91 Å². The Morgan fingerprint density at radius 2 is 1.36 bits per heavy atom. The van der Waals surface area contributed by atoms with Crippen LogP contribution in [0.2, 0.25) is 0 Å². The Morgan fingerprint density at radius 1 is 0.879 bits per heavy atom. The van der Waals surface area contributed by atoms with Gasteiger partial charge in [-0.05, 0) is 74.5 Å². The summed E-state index contributed by atoms with van der Waals surface area (Å²) in [4.78, 5) is 17.3. The predicted octanol–water partition coefficient (Wildman–Crippen LogP) is 3.89. The first-order chi connectivity index (χ1) is 16.1. The van der Waals surface area contributed by atoms with Gasteiger partial charge in [0.1, 0.15) is 11.5 Å². The number of piperidine rings is 1. The van der Waals surface area contributed by atoms with Gasteiger partial charge in [-0.15, -0.1) is 0 Å². The summed E-state index contributed by atoms with van der Waals surface area (Å²) in [6, 6.07) is 20.5. The molecule has 0 radical (unpaired) electrons. The van der Waals surface area contributed by atoms with Gasteiger partial charge in [-0.2, -0.15) is 15.5 Å². The molecular weight excluding hydrogens is 418 g/mol. The molecule has 1 saturated heterocycles. The Bertz CT molecular complexity index is 1130. The van der Waals surface area contributed by atoms with Crippen LogP contribution in [0.15, 0.2) is 60.7 Å². The Labute approximate surface area is 191 Å². The van der Waals surface area contributed by atoms with Crippen molar-refractivity contribution in [1.29, 1.82) is 10.5 Å². The van der Waals surface area contributed by atoms with E-state index in [1.54, 1.807) is 60.7 Å². The van der Waals surface area contributed by atoms with Crippen molar-refractivity contribution in [3.05, 3.63) is 77.4 Å². The van der Waals surface area contributed by atoms with E-state index in [0.717, 1.165) is 25.9 Å². The highest BCUT2D eigenvalue weighted by molar-refractivity contribution is 5.95. The summed E-state index contributed by atoms with van der Waals surface area (Å²) < 4.78 is 11.7. The van der Waals surface area contributed by atoms with E-state index in [0.29, 0.717) is 28.2 Å². The van der Waals surface area contributed by atoms with Crippen LogP contribution in [0.4, 0.5) is 0 Å². The number of amides is 1. The molecule has 0 bridgehead atoms. The molecule has 1 aliphatic heterocycles. The normalized spacial score (nSPS) is 13.4. The fourth-order valence-electron chi connectivity index (χ4n) is 3.39. The van der Waals surface area contributed by atoms with Crippen molar-refractivity contribution in [2.45, 2.75) is 18.9 Å². The van der Waals surface area contributed by atoms with Gasteiger partial charge in [0.15, 0.2) is 0 Å². The van der Waals surface area contributed by atoms with Crippen LogP contribution in [0, 0.1) is 22.7 Å². The first-order valence-electron chi connectivity index (χ1n) is 10.5. The number of ether oxygens (including phenoxy) is 2. The molecule has 0 unspecified atom stereocenters. The van der Waals surface area contributed by atoms with E-state index in [-0.39, 0.29) is 23.7 Å². The first kappa shape index (κ1) is 21.8. The molecule has 164 valence electrons. The number of hydrogen-bond donors (Lipinski definition) is 2. The van der Waals surface area contributed by atoms with Crippen molar-refractivity contribution >= 4 is 5.91 Å². The number of aromatic nitrogens is 1. The van der Waals surface area contributed by atoms with Crippen LogP contribution in [0.1, 0.15) is 34.3 Å². The minimum absolute atomic E-state index is 0.0951. The molecule has 3 aromatic rings. The molecule has 1 amide bonds. The van der Waals surface area contributed by atoms with E-state index in [2.05, 4.69) is 27.8 Å². The second-order valence-corrected chi connectivity index (χ2v) is 7.51. The van der Waals surface area contributed by atoms with Gasteiger partial charge in [0.2, 0.25) is 11.8 Å². The number of rotatable bonds is 6. The van der Waals surface area contributed by atoms with Gasteiger partial charge in [-0.3, -0.25) is 4.79 Å². The molecule has 0 spiro atoms. The van der Waals surface area contributed by atoms with E-state index in [1.807, 2.05) is 0 Å². The lowest BCUT2D eigenvalue weighted by atomic mass is 10.1. The topological polar surface area (TPSA) is 120 Å². The molecule has 0 aliphatic carbocycles. The number of benzene rings is 2. The van der Waals surface area contributed by atoms with Crippen molar-refractivity contribution < 1.29 is 14.3 Å². The minimum Gasteiger partial charge on any atom is -0.439 e. The lowest BCUT2D eigenvalue weighted by molar-refractivity contribution is 0.0928. The fraction of sp³-hybridized carbons (Fsp3) is 0.200. The van der Waals surface area contributed by atoms with Crippen LogP contribution in [0.25, 0.3) is 0 Å². The highest BCUT2D eigenvalue weighted by atomic mass is 16.5. The zero-order chi connectivity index (χ0) is 23.0. The Kier molecular flexibility index (Phi) is 6.79. The van der Waals surface area contributed by atoms with E-state index in [9.17, 15) is 4.79 Å². The summed E-state index contributed by atoms with van der Waals surface area (Å²) in [6.45, 7) is 1.72. The summed E-state index contributed by atoms with van der Waals surface area (Å²) in [7, 11) is 0. The SMILES string of the molecule is N#Cc1ccc(Oc2cc(C(=O)NC3CCNCC3)cc(Oc3ccc(C#N)cc3)n2)cc1. The molecule has 33 heavy (non-hydrogen) atoms. The number of pyridine rings is 1. The minimum atomic E-state index is -0.237. The average Bonchev–Trinajstić information content (AvgIpc) is 2.85. The zero-order valence-electron chi connectivity index (χ0n) is 17.7. The standard InChI is InChI=1S/C25H21N5O3/c26-15-17-1-5-21(6-2-17)32-23-13-19(25(31)29-20-9-11-28-12-10-20)14-24(30-23)33-22-7-3-18(16-27)4-8-22/h1-8,13-14,20,28H,9-12H2,(H,29,31). The Morgan fingerprint density at radius 3 is 1.82 bits per heavy atom. The van der Waals surface area contributed by atoms with Crippen molar-refractivity contribution in [2.75, 3.05) is 13.1 Å². The maximum absolute atomic E-state index is 12.9. The van der Waals surface area contributed by atoms with Gasteiger partial charge in [-0.25, -0.2) is 0 Å². The molecule has 1 fully saturated rings. The third-order valence-electron chi connectivity index (χ3n) is 5.13. The molecule has 8 nitrogen and oxygen atoms in total. The Balaban J connectivity index is 1.59. The van der Waals surface area contributed by atoms with Crippen molar-refractivity contribution in [1.82, 2.24) is 15.6 Å². The second kappa shape index (κ2) is 10.3. The van der Waals surface area contributed by atoms with Crippen molar-refractivity contribution in [3.63, 3.8) is 0 Å². The molecule has 0 atom stereocenters. The van der Waals surface area contributed by atoms with Crippen LogP contribution in [0.3, 0.4) is 0 Å². The number of nitrogens with zero attached hydrogens (tertiary/aromatic N) is 3. The van der Waals surface area contributed by atoms with E-state index in [1.165, 1.54) is 0 Å². The van der Waals surface area contributed by atoms with Crippen LogP contribution in [-0.2, 0) is 0 Å². The van der Waals surface area contributed by atoms with Crippen LogP contribution >= 0.6 is 0 Å². The van der Waals surface area contributed by atoms with Crippen molar-refractivity contribution in [2.24, 2.45) is 0 Å². The smallest absolute Gasteiger partial charge is 0.251 e. The molecule has 2 N–H and O–H groups in total. The third kappa shape index (κ3) is 5.85. The number of carbonyl (C=O) groups is 1. The molecule has 2 heterocycles. The average molecular weight is 439 g/mol. The molecule has 1 aliphatic rings. The summed E-state index contributed by atoms with van der Waals surface area (Å²) in [5.41, 5.74) is 1.38. The molecule has 8 heteroatoms. The lowest BCUT2D eigenvalue weighted by Gasteiger charge is -2.23. The predicted molar refractivity (Wildman–Crippen MR) is 120 cm³/mol. The number of carbonyl (C=O) groups excluding carboxylic acids is 1. The summed E-state index contributed by atoms with van der Waals surface area (Å²) in [6.07, 6.45) is 1.72. The molecule has 4 rings (SSSR count). The Hall–Kier alpha value is -4.40. The molecule has 1 aromatic heterocycles. The monoisotopic (exact) mass is 439 g/mol. The van der Waals surface area contributed by atoms with Crippen LogP contribution in [-0.4, -0.2) is 30.0 Å². The van der Waals surface area contributed by atoms with Gasteiger partial charge in [-0.1, -0.05) is 0 Å². The lowest BCUT2D eigenvalue weighted by Crippen LogP contribution is -2.42. The molecular formula is C25H21N5O3. The highest BCUT2D eigenvalue weighted by Crippen LogP contribution is 2.27. The van der Waals surface area contributed by atoms with Gasteiger partial charge in [0.05, 0.1) is 28.8 Å². The van der Waals surface area contributed by atoms with Crippen molar-refractivity contribution in [3.8, 4) is 35.4 Å². The quantitative estimate of drug-likeness (QED) is 0.598. The largest absolute Gasteiger partial charge is 0.439 e. The summed E-state index contributed by atoms with van der Waals surface area (Å²) >= 11 is 0. The third-order valence-corrected chi connectivity index (χ3v) is 5.13. The zero-order valence-corrected chi connectivity index (χ0v) is 17.7. The van der Waals surface area contributed by atoms with Gasteiger partial charge < -0.3 is 20.1 Å². The number of nitriles is 2. The van der Waals surface area contributed by atoms with E-state index in [4.69, 9.17) is 20.0 Å². The van der Waals surface area contributed by atoms with Gasteiger partial charge >= 0.3 is 0 Å². The van der Waals surface area contributed by atoms with E-state index < -0.39 is 0 Å². The second-order valence-electron chi connectivity index (χ2n) is 7.51. The number of hydrogen-bond acceptors (Lipinski definition) is 7. The number of nitrogens with one attached hydrogen (secondary N) is 2. The van der Waals surface area contributed by atoms with E-state index >= 15 is 0 Å². The maximum Gasteiger partial charge on any atom is 0.251 e. The van der Waals surface area contributed by atoms with Crippen LogP contribution in [0.5, 0.6) is 23.3 Å². The molecule has 2 aromatic carbocycles. The summed E-state index contributed by atoms with van der Waals surface area (Å²) in [5, 5.41) is 24.3. The fourth-order valence-corrected chi connectivity index (χ4v) is 3.39. The highest BCUT2D eigenvalue weighted by Gasteiger charge is 2.18. The summed E-state index contributed by atoms with van der Waals surface area (Å²) in [5.74, 6) is 1.07.